The van der Waals surface area contributed by atoms with E-state index in [1.807, 2.05) is 4.90 Å². The Balaban J connectivity index is 1.70. The topological polar surface area (TPSA) is 112 Å². The van der Waals surface area contributed by atoms with Gasteiger partial charge >= 0.3 is 0 Å². The minimum Gasteiger partial charge on any atom is -0.393 e. The van der Waals surface area contributed by atoms with Crippen LogP contribution in [0.1, 0.15) is 57.8 Å². The van der Waals surface area contributed by atoms with Crippen molar-refractivity contribution in [2.45, 2.75) is 75.6 Å². The summed E-state index contributed by atoms with van der Waals surface area (Å²) in [5.74, 6) is 0.103. The van der Waals surface area contributed by atoms with Crippen molar-refractivity contribution >= 4 is 23.3 Å². The minimum atomic E-state index is -0.610. The molecule has 1 aromatic carbocycles. The summed E-state index contributed by atoms with van der Waals surface area (Å²) < 4.78 is 14.3. The highest BCUT2D eigenvalue weighted by Crippen LogP contribution is 2.42. The lowest BCUT2D eigenvalue weighted by Crippen LogP contribution is -2.58. The molecule has 1 heterocycles. The number of aliphatic hydroxyl groups is 1. The fourth-order valence-electron chi connectivity index (χ4n) is 4.72. The van der Waals surface area contributed by atoms with Gasteiger partial charge in [0.1, 0.15) is 11.5 Å². The molecule has 0 aromatic heterocycles. The van der Waals surface area contributed by atoms with Gasteiger partial charge in [-0.25, -0.2) is 9.38 Å². The summed E-state index contributed by atoms with van der Waals surface area (Å²) in [6.45, 7) is 0. The van der Waals surface area contributed by atoms with Gasteiger partial charge in [0.2, 0.25) is 11.9 Å². The molecule has 3 aliphatic rings. The molecule has 0 bridgehead atoms. The van der Waals surface area contributed by atoms with Crippen LogP contribution in [0, 0.1) is 5.82 Å². The number of aliphatic imine (C=N–C) groups is 2. The molecule has 2 aliphatic carbocycles. The highest BCUT2D eigenvalue weighted by atomic mass is 19.1. The van der Waals surface area contributed by atoms with E-state index in [1.54, 1.807) is 6.07 Å². The zero-order valence-electron chi connectivity index (χ0n) is 16.1. The van der Waals surface area contributed by atoms with Gasteiger partial charge in [-0.3, -0.25) is 4.90 Å². The van der Waals surface area contributed by atoms with Gasteiger partial charge in [0, 0.05) is 6.04 Å². The van der Waals surface area contributed by atoms with Gasteiger partial charge in [0.15, 0.2) is 0 Å². The van der Waals surface area contributed by atoms with Crippen LogP contribution >= 0.6 is 0 Å². The summed E-state index contributed by atoms with van der Waals surface area (Å²) in [6.07, 6.45) is 7.83. The van der Waals surface area contributed by atoms with E-state index in [0.29, 0.717) is 5.69 Å². The smallest absolute Gasteiger partial charge is 0.220 e. The maximum atomic E-state index is 14.3. The summed E-state index contributed by atoms with van der Waals surface area (Å²) in [6, 6.07) is 4.93. The van der Waals surface area contributed by atoms with Crippen molar-refractivity contribution < 1.29 is 9.50 Å². The van der Waals surface area contributed by atoms with Crippen LogP contribution < -0.4 is 21.7 Å². The molecule has 6 N–H and O–H groups in total. The Morgan fingerprint density at radius 2 is 1.82 bits per heavy atom. The number of hydrogen-bond donors (Lipinski definition) is 4. The second-order valence-electron chi connectivity index (χ2n) is 8.13. The lowest BCUT2D eigenvalue weighted by Gasteiger charge is -2.46. The Bertz CT molecular complexity index is 781. The van der Waals surface area contributed by atoms with Gasteiger partial charge in [-0.15, -0.1) is 0 Å². The second kappa shape index (κ2) is 7.58. The highest BCUT2D eigenvalue weighted by Gasteiger charge is 2.43. The molecule has 0 saturated heterocycles. The quantitative estimate of drug-likeness (QED) is 0.636. The van der Waals surface area contributed by atoms with Gasteiger partial charge < -0.3 is 21.9 Å². The lowest BCUT2D eigenvalue weighted by atomic mass is 9.87. The van der Waals surface area contributed by atoms with E-state index >= 15 is 0 Å². The number of rotatable bonds is 3. The summed E-state index contributed by atoms with van der Waals surface area (Å²) >= 11 is 0. The van der Waals surface area contributed by atoms with E-state index in [4.69, 9.17) is 11.5 Å². The van der Waals surface area contributed by atoms with E-state index in [1.165, 1.54) is 12.1 Å². The fraction of sp³-hybridized carbons (Fsp3) is 0.600. The molecule has 0 unspecified atom stereocenters. The van der Waals surface area contributed by atoms with Crippen LogP contribution in [0.3, 0.4) is 0 Å². The van der Waals surface area contributed by atoms with Crippen LogP contribution in [-0.4, -0.2) is 34.8 Å². The van der Waals surface area contributed by atoms with Gasteiger partial charge in [-0.05, 0) is 69.6 Å². The van der Waals surface area contributed by atoms with Gasteiger partial charge in [-0.1, -0.05) is 6.42 Å². The van der Waals surface area contributed by atoms with E-state index in [-0.39, 0.29) is 29.9 Å². The minimum absolute atomic E-state index is 0.183. The lowest BCUT2D eigenvalue weighted by molar-refractivity contribution is 0.126. The van der Waals surface area contributed by atoms with Gasteiger partial charge in [-0.2, -0.15) is 4.99 Å². The normalized spacial score (nSPS) is 27.3. The zero-order chi connectivity index (χ0) is 19.7. The predicted octanol–water partition coefficient (Wildman–Crippen LogP) is 2.65. The largest absolute Gasteiger partial charge is 0.393 e. The Labute approximate surface area is 164 Å². The number of guanidine groups is 2. The number of halogens is 1. The van der Waals surface area contributed by atoms with Crippen molar-refractivity contribution in [2.24, 2.45) is 21.5 Å². The number of benzene rings is 1. The molecule has 0 radical (unpaired) electrons. The molecule has 8 heteroatoms. The highest BCUT2D eigenvalue weighted by molar-refractivity contribution is 6.07. The van der Waals surface area contributed by atoms with Crippen LogP contribution in [0.4, 0.5) is 15.8 Å². The number of anilines is 2. The van der Waals surface area contributed by atoms with Crippen LogP contribution in [0.15, 0.2) is 28.2 Å². The molecule has 1 aromatic rings. The van der Waals surface area contributed by atoms with Crippen LogP contribution in [0.2, 0.25) is 0 Å². The average molecular weight is 388 g/mol. The average Bonchev–Trinajstić information content (AvgIpc) is 2.65. The number of nitrogens with two attached hydrogens (primary N) is 2. The van der Waals surface area contributed by atoms with E-state index in [9.17, 15) is 9.50 Å². The van der Waals surface area contributed by atoms with Crippen molar-refractivity contribution in [1.29, 1.82) is 0 Å². The summed E-state index contributed by atoms with van der Waals surface area (Å²) in [5.41, 5.74) is 13.1. The number of aliphatic hydroxyl groups excluding tert-OH is 1. The van der Waals surface area contributed by atoms with E-state index in [0.717, 1.165) is 63.5 Å². The maximum absolute atomic E-state index is 14.3. The summed E-state index contributed by atoms with van der Waals surface area (Å²) in [5, 5.41) is 13.3. The summed E-state index contributed by atoms with van der Waals surface area (Å²) in [7, 11) is 0. The first-order chi connectivity index (χ1) is 13.5. The molecule has 2 saturated carbocycles. The molecule has 1 spiro atoms. The van der Waals surface area contributed by atoms with Crippen molar-refractivity contribution in [2.75, 3.05) is 10.2 Å². The zero-order valence-corrected chi connectivity index (χ0v) is 16.1. The first kappa shape index (κ1) is 19.0. The molecule has 0 atom stereocenters. The van der Waals surface area contributed by atoms with Crippen LogP contribution in [-0.2, 0) is 0 Å². The summed E-state index contributed by atoms with van der Waals surface area (Å²) in [4.78, 5) is 10.7. The molecule has 7 nitrogen and oxygen atoms in total. The van der Waals surface area contributed by atoms with Gasteiger partial charge in [0.25, 0.3) is 0 Å². The molecule has 28 heavy (non-hydrogen) atoms. The van der Waals surface area contributed by atoms with Crippen molar-refractivity contribution in [3.05, 3.63) is 24.0 Å². The Hall–Kier alpha value is -2.35. The molecule has 1 aliphatic heterocycles. The first-order valence-electron chi connectivity index (χ1n) is 10.2. The SMILES string of the molecule is NC1=NC2(CCCCC2)N(c2cc(F)ccc2NC2CCC(O)CC2)C(N)=N1. The third-order valence-electron chi connectivity index (χ3n) is 6.11. The van der Waals surface area contributed by atoms with Crippen molar-refractivity contribution in [3.8, 4) is 0 Å². The maximum Gasteiger partial charge on any atom is 0.220 e. The third-order valence-corrected chi connectivity index (χ3v) is 6.11. The number of nitrogens with one attached hydrogen (secondary N) is 1. The second-order valence-corrected chi connectivity index (χ2v) is 8.13. The standard InChI is InChI=1S/C20H29FN6O/c21-13-4-9-16(24-14-5-7-15(28)8-6-14)17(12-13)27-19(23)25-18(22)26-20(27)10-2-1-3-11-20/h4,9,12,14-15,24,28H,1-3,5-8,10-11H2,(H4,22,23,25,26). The molecular weight excluding hydrogens is 359 g/mol. The van der Waals surface area contributed by atoms with Gasteiger partial charge in [0.05, 0.1) is 17.5 Å². The van der Waals surface area contributed by atoms with Crippen LogP contribution in [0.5, 0.6) is 0 Å². The van der Waals surface area contributed by atoms with E-state index < -0.39 is 5.66 Å². The molecule has 0 amide bonds. The molecule has 4 rings (SSSR count). The number of nitrogens with zero attached hydrogens (tertiary/aromatic N) is 3. The third kappa shape index (κ3) is 3.65. The fourth-order valence-corrected chi connectivity index (χ4v) is 4.72. The molecule has 152 valence electrons. The Morgan fingerprint density at radius 1 is 1.11 bits per heavy atom. The van der Waals surface area contributed by atoms with Crippen molar-refractivity contribution in [1.82, 2.24) is 0 Å². The predicted molar refractivity (Wildman–Crippen MR) is 110 cm³/mol. The van der Waals surface area contributed by atoms with Crippen LogP contribution in [0.25, 0.3) is 0 Å². The Morgan fingerprint density at radius 3 is 2.54 bits per heavy atom. The van der Waals surface area contributed by atoms with E-state index in [2.05, 4.69) is 15.3 Å². The first-order valence-corrected chi connectivity index (χ1v) is 10.2. The molecule has 2 fully saturated rings. The monoisotopic (exact) mass is 388 g/mol. The Kier molecular flexibility index (Phi) is 5.14. The van der Waals surface area contributed by atoms with Crippen molar-refractivity contribution in [3.63, 3.8) is 0 Å². The number of hydrogen-bond acceptors (Lipinski definition) is 7. The molecular formula is C20H29FN6O.